The Bertz CT molecular complexity index is 1370. The van der Waals surface area contributed by atoms with E-state index in [0.717, 1.165) is 22.0 Å². The molecular weight excluding hydrogens is 388 g/mol. The van der Waals surface area contributed by atoms with Gasteiger partial charge in [-0.15, -0.1) is 0 Å². The lowest BCUT2D eigenvalue weighted by Crippen LogP contribution is -2.14. The predicted molar refractivity (Wildman–Crippen MR) is 121 cm³/mol. The summed E-state index contributed by atoms with van der Waals surface area (Å²) in [5, 5.41) is 4.87. The van der Waals surface area contributed by atoms with E-state index in [2.05, 4.69) is 15.3 Å². The van der Waals surface area contributed by atoms with E-state index in [1.165, 1.54) is 0 Å². The third-order valence-corrected chi connectivity index (χ3v) is 5.07. The SMILES string of the molecule is CCOc1ccc2ccccc2c1C(=O)Nc1cccc(-c2cn3cccnc3n2)c1. The van der Waals surface area contributed by atoms with Crippen LogP contribution in [0.5, 0.6) is 5.75 Å². The molecule has 0 fully saturated rings. The van der Waals surface area contributed by atoms with E-state index in [9.17, 15) is 4.79 Å². The molecule has 0 spiro atoms. The smallest absolute Gasteiger partial charge is 0.260 e. The predicted octanol–water partition coefficient (Wildman–Crippen LogP) is 5.20. The fraction of sp³-hybridized carbons (Fsp3) is 0.0800. The first-order valence-corrected chi connectivity index (χ1v) is 10.1. The fourth-order valence-corrected chi connectivity index (χ4v) is 3.68. The largest absolute Gasteiger partial charge is 0.493 e. The van der Waals surface area contributed by atoms with Crippen LogP contribution in [-0.2, 0) is 0 Å². The maximum absolute atomic E-state index is 13.3. The second-order valence-corrected chi connectivity index (χ2v) is 7.08. The monoisotopic (exact) mass is 408 g/mol. The van der Waals surface area contributed by atoms with Gasteiger partial charge in [-0.25, -0.2) is 9.97 Å². The maximum atomic E-state index is 13.3. The van der Waals surface area contributed by atoms with Crippen molar-refractivity contribution >= 4 is 28.1 Å². The van der Waals surface area contributed by atoms with Crippen molar-refractivity contribution in [1.82, 2.24) is 14.4 Å². The Morgan fingerprint density at radius 3 is 2.84 bits per heavy atom. The van der Waals surface area contributed by atoms with E-state index in [4.69, 9.17) is 4.74 Å². The minimum atomic E-state index is -0.214. The number of rotatable bonds is 5. The van der Waals surface area contributed by atoms with Crippen molar-refractivity contribution in [3.8, 4) is 17.0 Å². The van der Waals surface area contributed by atoms with E-state index in [1.54, 1.807) is 6.20 Å². The Morgan fingerprint density at radius 2 is 1.97 bits per heavy atom. The summed E-state index contributed by atoms with van der Waals surface area (Å²) in [6.45, 7) is 2.39. The van der Waals surface area contributed by atoms with Crippen LogP contribution in [0.4, 0.5) is 5.69 Å². The highest BCUT2D eigenvalue weighted by Crippen LogP contribution is 2.30. The number of benzene rings is 3. The quantitative estimate of drug-likeness (QED) is 0.434. The van der Waals surface area contributed by atoms with Crippen LogP contribution in [0.15, 0.2) is 85.3 Å². The summed E-state index contributed by atoms with van der Waals surface area (Å²) in [6.07, 6.45) is 5.53. The lowest BCUT2D eigenvalue weighted by atomic mass is 10.0. The molecule has 0 aliphatic rings. The van der Waals surface area contributed by atoms with Gasteiger partial charge in [-0.2, -0.15) is 0 Å². The molecule has 0 atom stereocenters. The van der Waals surface area contributed by atoms with Crippen molar-refractivity contribution in [2.45, 2.75) is 6.92 Å². The van der Waals surface area contributed by atoms with Crippen molar-refractivity contribution in [1.29, 1.82) is 0 Å². The van der Waals surface area contributed by atoms with Crippen LogP contribution in [0.25, 0.3) is 27.8 Å². The molecule has 1 N–H and O–H groups in total. The van der Waals surface area contributed by atoms with Crippen LogP contribution in [0.3, 0.4) is 0 Å². The molecule has 1 amide bonds. The molecule has 5 rings (SSSR count). The number of aromatic nitrogens is 3. The van der Waals surface area contributed by atoms with Crippen LogP contribution >= 0.6 is 0 Å². The maximum Gasteiger partial charge on any atom is 0.260 e. The zero-order valence-corrected chi connectivity index (χ0v) is 16.9. The molecule has 3 aromatic carbocycles. The number of carbonyl (C=O) groups excluding carboxylic acids is 1. The third-order valence-electron chi connectivity index (χ3n) is 5.07. The zero-order valence-electron chi connectivity index (χ0n) is 16.9. The summed E-state index contributed by atoms with van der Waals surface area (Å²) < 4.78 is 7.62. The Hall–Kier alpha value is -4.19. The molecular formula is C25H20N4O2. The molecule has 0 saturated heterocycles. The number of nitrogens with one attached hydrogen (secondary N) is 1. The van der Waals surface area contributed by atoms with Gasteiger partial charge < -0.3 is 10.1 Å². The first-order valence-electron chi connectivity index (χ1n) is 10.1. The average molecular weight is 408 g/mol. The van der Waals surface area contributed by atoms with E-state index in [0.29, 0.717) is 29.4 Å². The summed E-state index contributed by atoms with van der Waals surface area (Å²) in [5.74, 6) is 0.986. The molecule has 6 nitrogen and oxygen atoms in total. The number of nitrogens with zero attached hydrogens (tertiary/aromatic N) is 3. The molecule has 152 valence electrons. The van der Waals surface area contributed by atoms with Crippen molar-refractivity contribution in [2.24, 2.45) is 0 Å². The van der Waals surface area contributed by atoms with Gasteiger partial charge >= 0.3 is 0 Å². The third kappa shape index (κ3) is 3.59. The molecule has 0 radical (unpaired) electrons. The summed E-state index contributed by atoms with van der Waals surface area (Å²) in [7, 11) is 0. The lowest BCUT2D eigenvalue weighted by molar-refractivity contribution is 0.102. The van der Waals surface area contributed by atoms with Gasteiger partial charge in [0, 0.05) is 29.8 Å². The molecule has 0 unspecified atom stereocenters. The molecule has 0 saturated carbocycles. The number of ether oxygens (including phenoxy) is 1. The minimum absolute atomic E-state index is 0.214. The summed E-state index contributed by atoms with van der Waals surface area (Å²) >= 11 is 0. The second-order valence-electron chi connectivity index (χ2n) is 7.08. The second kappa shape index (κ2) is 7.91. The summed E-state index contributed by atoms with van der Waals surface area (Å²) in [5.41, 5.74) is 2.89. The molecule has 31 heavy (non-hydrogen) atoms. The average Bonchev–Trinajstić information content (AvgIpc) is 3.24. The Morgan fingerprint density at radius 1 is 1.06 bits per heavy atom. The molecule has 0 aliphatic carbocycles. The number of fused-ring (bicyclic) bond motifs is 2. The van der Waals surface area contributed by atoms with Gasteiger partial charge in [-0.1, -0.05) is 42.5 Å². The van der Waals surface area contributed by atoms with Crippen LogP contribution in [-0.4, -0.2) is 26.9 Å². The van der Waals surface area contributed by atoms with Crippen molar-refractivity contribution < 1.29 is 9.53 Å². The molecule has 0 aliphatic heterocycles. The van der Waals surface area contributed by atoms with E-state index >= 15 is 0 Å². The summed E-state index contributed by atoms with van der Waals surface area (Å²) in [4.78, 5) is 22.1. The molecule has 0 bridgehead atoms. The zero-order chi connectivity index (χ0) is 21.2. The summed E-state index contributed by atoms with van der Waals surface area (Å²) in [6, 6.07) is 21.1. The lowest BCUT2D eigenvalue weighted by Gasteiger charge is -2.14. The molecule has 5 aromatic rings. The topological polar surface area (TPSA) is 68.5 Å². The van der Waals surface area contributed by atoms with E-state index in [-0.39, 0.29) is 5.91 Å². The number of imidazole rings is 1. The van der Waals surface area contributed by atoms with Gasteiger partial charge in [0.2, 0.25) is 5.78 Å². The van der Waals surface area contributed by atoms with Crippen LogP contribution in [0.2, 0.25) is 0 Å². The van der Waals surface area contributed by atoms with Gasteiger partial charge in [0.25, 0.3) is 5.91 Å². The first-order chi connectivity index (χ1) is 15.2. The highest BCUT2D eigenvalue weighted by molar-refractivity contribution is 6.15. The van der Waals surface area contributed by atoms with E-state index < -0.39 is 0 Å². The Balaban J connectivity index is 1.50. The number of hydrogen-bond acceptors (Lipinski definition) is 4. The van der Waals surface area contributed by atoms with Gasteiger partial charge in [0.15, 0.2) is 0 Å². The highest BCUT2D eigenvalue weighted by Gasteiger charge is 2.17. The first kappa shape index (κ1) is 18.8. The van der Waals surface area contributed by atoms with Crippen molar-refractivity contribution in [3.05, 3.63) is 90.9 Å². The molecule has 2 aromatic heterocycles. The van der Waals surface area contributed by atoms with Gasteiger partial charge in [0.05, 0.1) is 17.9 Å². The Labute approximate surface area is 179 Å². The molecule has 2 heterocycles. The number of amides is 1. The van der Waals surface area contributed by atoms with Crippen molar-refractivity contribution in [3.63, 3.8) is 0 Å². The highest BCUT2D eigenvalue weighted by atomic mass is 16.5. The number of carbonyl (C=O) groups is 1. The van der Waals surface area contributed by atoms with E-state index in [1.807, 2.05) is 90.4 Å². The number of anilines is 1. The normalized spacial score (nSPS) is 11.0. The molecule has 6 heteroatoms. The van der Waals surface area contributed by atoms with Crippen LogP contribution in [0.1, 0.15) is 17.3 Å². The number of hydrogen-bond donors (Lipinski definition) is 1. The fourth-order valence-electron chi connectivity index (χ4n) is 3.68. The van der Waals surface area contributed by atoms with Crippen molar-refractivity contribution in [2.75, 3.05) is 11.9 Å². The van der Waals surface area contributed by atoms with Crippen LogP contribution in [0, 0.1) is 0 Å². The van der Waals surface area contributed by atoms with Gasteiger partial charge in [0.1, 0.15) is 5.75 Å². The van der Waals surface area contributed by atoms with Crippen LogP contribution < -0.4 is 10.1 Å². The Kier molecular flexibility index (Phi) is 4.80. The minimum Gasteiger partial charge on any atom is -0.493 e. The van der Waals surface area contributed by atoms with Gasteiger partial charge in [-0.3, -0.25) is 9.20 Å². The van der Waals surface area contributed by atoms with Gasteiger partial charge in [-0.05, 0) is 42.0 Å². The standard InChI is InChI=1S/C25H20N4O2/c1-2-31-22-12-11-17-7-3-4-10-20(17)23(22)24(30)27-19-9-5-8-18(15-19)21-16-29-14-6-13-26-25(29)28-21/h3-16H,2H2,1H3,(H,27,30).